The number of hydrogen-bond acceptors (Lipinski definition) is 6. The lowest BCUT2D eigenvalue weighted by Gasteiger charge is -2.17. The van der Waals surface area contributed by atoms with Gasteiger partial charge in [-0.05, 0) is 0 Å². The number of thioether (sulfide) groups is 1. The van der Waals surface area contributed by atoms with E-state index < -0.39 is 34.5 Å². The predicted octanol–water partition coefficient (Wildman–Crippen LogP) is -0.433. The van der Waals surface area contributed by atoms with Gasteiger partial charge in [0, 0.05) is 5.92 Å². The number of rotatable bonds is 2. The van der Waals surface area contributed by atoms with Gasteiger partial charge in [0.2, 0.25) is 5.91 Å². The van der Waals surface area contributed by atoms with E-state index in [9.17, 15) is 19.2 Å². The molecule has 2 rings (SSSR count). The highest BCUT2D eigenvalue weighted by Crippen LogP contribution is 2.31. The van der Waals surface area contributed by atoms with Crippen LogP contribution in [0.2, 0.25) is 0 Å². The van der Waals surface area contributed by atoms with Gasteiger partial charge in [0.25, 0.3) is 11.1 Å². The Bertz CT molecular complexity index is 360. The minimum Gasteiger partial charge on any atom is -0.435 e. The Labute approximate surface area is 94.3 Å². The van der Waals surface area contributed by atoms with Gasteiger partial charge < -0.3 is 4.74 Å². The molecule has 0 bridgehead atoms. The molecule has 16 heavy (non-hydrogen) atoms. The first kappa shape index (κ1) is 10.9. The van der Waals surface area contributed by atoms with Crippen LogP contribution in [0, 0.1) is 5.92 Å². The van der Waals surface area contributed by atoms with E-state index in [0.717, 1.165) is 11.8 Å². The van der Waals surface area contributed by atoms with Gasteiger partial charge in [-0.15, -0.1) is 0 Å². The Morgan fingerprint density at radius 1 is 1.19 bits per heavy atom. The second-order valence-corrected chi connectivity index (χ2v) is 4.37. The third-order valence-corrected chi connectivity index (χ3v) is 3.34. The standard InChI is InChI=1S/C8H7N2O5S/c1-2(3-5(11)9-7(13)15-3)4-6(12)10-8(14)16-4/h3-4H,1H3,(H,9,11,13)(H,10,12,14). The molecule has 2 unspecified atom stereocenters. The van der Waals surface area contributed by atoms with Crippen molar-refractivity contribution < 1.29 is 23.9 Å². The van der Waals surface area contributed by atoms with Crippen molar-refractivity contribution in [2.45, 2.75) is 18.3 Å². The normalized spacial score (nSPS) is 29.4. The highest BCUT2D eigenvalue weighted by molar-refractivity contribution is 8.15. The number of imide groups is 2. The topological polar surface area (TPSA) is 102 Å². The molecular formula is C8H7N2O5S. The maximum atomic E-state index is 11.3. The fourth-order valence-corrected chi connectivity index (χ4v) is 2.30. The Hall–Kier alpha value is -1.57. The number of hydrogen-bond donors (Lipinski definition) is 2. The van der Waals surface area contributed by atoms with E-state index in [0.29, 0.717) is 5.92 Å². The van der Waals surface area contributed by atoms with Crippen LogP contribution >= 0.6 is 11.8 Å². The first-order chi connectivity index (χ1) is 7.49. The molecule has 0 aliphatic carbocycles. The minimum atomic E-state index is -1.10. The lowest BCUT2D eigenvalue weighted by molar-refractivity contribution is -0.123. The van der Waals surface area contributed by atoms with Crippen LogP contribution in [0.25, 0.3) is 0 Å². The van der Waals surface area contributed by atoms with Gasteiger partial charge in [0.1, 0.15) is 5.25 Å². The van der Waals surface area contributed by atoms with E-state index in [1.54, 1.807) is 0 Å². The Morgan fingerprint density at radius 3 is 2.31 bits per heavy atom. The van der Waals surface area contributed by atoms with Crippen molar-refractivity contribution in [3.05, 3.63) is 5.92 Å². The zero-order chi connectivity index (χ0) is 11.9. The first-order valence-corrected chi connectivity index (χ1v) is 5.23. The van der Waals surface area contributed by atoms with Crippen LogP contribution in [-0.2, 0) is 14.3 Å². The van der Waals surface area contributed by atoms with E-state index in [4.69, 9.17) is 4.74 Å². The fourth-order valence-electron chi connectivity index (χ4n) is 1.45. The van der Waals surface area contributed by atoms with Gasteiger partial charge in [-0.2, -0.15) is 0 Å². The number of ether oxygens (including phenoxy) is 1. The third kappa shape index (κ3) is 1.75. The van der Waals surface area contributed by atoms with Gasteiger partial charge >= 0.3 is 6.09 Å². The molecule has 0 aromatic heterocycles. The number of amides is 4. The third-order valence-electron chi connectivity index (χ3n) is 2.20. The molecule has 2 saturated heterocycles. The summed E-state index contributed by atoms with van der Waals surface area (Å²) in [4.78, 5) is 44.3. The molecule has 2 aliphatic heterocycles. The second-order valence-electron chi connectivity index (χ2n) is 3.29. The largest absolute Gasteiger partial charge is 0.435 e. The molecule has 2 aliphatic rings. The summed E-state index contributed by atoms with van der Waals surface area (Å²) >= 11 is 0.764. The zero-order valence-corrected chi connectivity index (χ0v) is 8.92. The zero-order valence-electron chi connectivity index (χ0n) is 8.10. The molecule has 0 aromatic rings. The van der Waals surface area contributed by atoms with Crippen molar-refractivity contribution in [2.24, 2.45) is 0 Å². The van der Waals surface area contributed by atoms with Crippen molar-refractivity contribution in [1.29, 1.82) is 0 Å². The van der Waals surface area contributed by atoms with Crippen molar-refractivity contribution in [3.8, 4) is 0 Å². The van der Waals surface area contributed by atoms with E-state index in [1.165, 1.54) is 6.92 Å². The summed E-state index contributed by atoms with van der Waals surface area (Å²) in [5.74, 6) is -0.782. The van der Waals surface area contributed by atoms with Crippen molar-refractivity contribution >= 4 is 34.9 Å². The van der Waals surface area contributed by atoms with Crippen LogP contribution in [-0.4, -0.2) is 34.5 Å². The van der Waals surface area contributed by atoms with Crippen molar-refractivity contribution in [2.75, 3.05) is 0 Å². The van der Waals surface area contributed by atoms with Crippen LogP contribution in [0.3, 0.4) is 0 Å². The summed E-state index contributed by atoms with van der Waals surface area (Å²) in [5, 5.41) is 2.78. The van der Waals surface area contributed by atoms with Gasteiger partial charge in [-0.25, -0.2) is 4.79 Å². The summed E-state index contributed by atoms with van der Waals surface area (Å²) in [5.41, 5.74) is 0. The Kier molecular flexibility index (Phi) is 2.58. The van der Waals surface area contributed by atoms with E-state index in [2.05, 4.69) is 5.32 Å². The van der Waals surface area contributed by atoms with Crippen LogP contribution in [0.1, 0.15) is 6.92 Å². The van der Waals surface area contributed by atoms with E-state index in [-0.39, 0.29) is 0 Å². The predicted molar refractivity (Wildman–Crippen MR) is 52.2 cm³/mol. The highest BCUT2D eigenvalue weighted by Gasteiger charge is 2.46. The summed E-state index contributed by atoms with van der Waals surface area (Å²) in [6.45, 7) is 1.50. The Morgan fingerprint density at radius 2 is 1.88 bits per heavy atom. The average Bonchev–Trinajstić information content (AvgIpc) is 2.68. The quantitative estimate of drug-likeness (QED) is 0.682. The minimum absolute atomic E-state index is 0.330. The number of carbonyl (C=O) groups is 4. The lowest BCUT2D eigenvalue weighted by Crippen LogP contribution is -2.37. The molecule has 2 atom stereocenters. The molecule has 0 saturated carbocycles. The lowest BCUT2D eigenvalue weighted by atomic mass is 9.99. The number of alkyl carbamates (subject to hydrolysis) is 1. The smallest absolute Gasteiger partial charge is 0.414 e. The molecule has 85 valence electrons. The van der Waals surface area contributed by atoms with Gasteiger partial charge in [0.05, 0.1) is 0 Å². The number of nitrogens with one attached hydrogen (secondary N) is 2. The number of cyclic esters (lactones) is 1. The molecule has 2 heterocycles. The molecule has 0 spiro atoms. The van der Waals surface area contributed by atoms with Crippen LogP contribution in [0.5, 0.6) is 0 Å². The maximum Gasteiger partial charge on any atom is 0.414 e. The molecule has 8 heteroatoms. The number of carbonyl (C=O) groups excluding carboxylic acids is 4. The fraction of sp³-hybridized carbons (Fsp3) is 0.375. The van der Waals surface area contributed by atoms with Gasteiger partial charge in [-0.1, -0.05) is 18.7 Å². The summed E-state index contributed by atoms with van der Waals surface area (Å²) in [6.07, 6.45) is -1.94. The van der Waals surface area contributed by atoms with Gasteiger partial charge in [0.15, 0.2) is 6.10 Å². The Balaban J connectivity index is 2.10. The maximum absolute atomic E-state index is 11.3. The molecular weight excluding hydrogens is 236 g/mol. The van der Waals surface area contributed by atoms with Crippen molar-refractivity contribution in [3.63, 3.8) is 0 Å². The van der Waals surface area contributed by atoms with Crippen LogP contribution < -0.4 is 10.6 Å². The van der Waals surface area contributed by atoms with Crippen LogP contribution in [0.4, 0.5) is 9.59 Å². The van der Waals surface area contributed by atoms with E-state index in [1.807, 2.05) is 5.32 Å². The summed E-state index contributed by atoms with van der Waals surface area (Å²) in [6, 6.07) is 0. The first-order valence-electron chi connectivity index (χ1n) is 4.35. The molecule has 7 nitrogen and oxygen atoms in total. The highest BCUT2D eigenvalue weighted by atomic mass is 32.2. The SMILES string of the molecule is C[C](C1OC(=O)NC1=O)C1SC(=O)NC1=O. The monoisotopic (exact) mass is 243 g/mol. The molecule has 2 N–H and O–H groups in total. The van der Waals surface area contributed by atoms with E-state index >= 15 is 0 Å². The van der Waals surface area contributed by atoms with Crippen LogP contribution in [0.15, 0.2) is 0 Å². The molecule has 1 radical (unpaired) electrons. The molecule has 0 aromatic carbocycles. The van der Waals surface area contributed by atoms with Gasteiger partial charge in [-0.3, -0.25) is 25.0 Å². The summed E-state index contributed by atoms with van der Waals surface area (Å²) in [7, 11) is 0. The average molecular weight is 243 g/mol. The van der Waals surface area contributed by atoms with Crippen molar-refractivity contribution in [1.82, 2.24) is 10.6 Å². The summed E-state index contributed by atoms with van der Waals surface area (Å²) < 4.78 is 4.69. The molecule has 4 amide bonds. The second kappa shape index (κ2) is 3.78. The molecule has 2 fully saturated rings.